The highest BCUT2D eigenvalue weighted by molar-refractivity contribution is 9.10. The SMILES string of the molecule is CC(C)CN(CC(C)C)c1ncnc(Cl)c1Br. The lowest BCUT2D eigenvalue weighted by Crippen LogP contribution is -2.32. The number of hydrogen-bond acceptors (Lipinski definition) is 3. The molecular formula is C12H19BrClN3. The van der Waals surface area contributed by atoms with Crippen LogP contribution in [-0.4, -0.2) is 23.1 Å². The monoisotopic (exact) mass is 319 g/mol. The number of rotatable bonds is 5. The van der Waals surface area contributed by atoms with Crippen LogP contribution in [0.3, 0.4) is 0 Å². The molecule has 0 N–H and O–H groups in total. The molecule has 17 heavy (non-hydrogen) atoms. The minimum absolute atomic E-state index is 0.465. The van der Waals surface area contributed by atoms with Gasteiger partial charge in [0.2, 0.25) is 0 Å². The highest BCUT2D eigenvalue weighted by Gasteiger charge is 2.16. The molecule has 0 saturated carbocycles. The third-order valence-electron chi connectivity index (χ3n) is 2.20. The summed E-state index contributed by atoms with van der Waals surface area (Å²) in [5.41, 5.74) is 0. The molecule has 96 valence electrons. The fourth-order valence-corrected chi connectivity index (χ4v) is 2.27. The van der Waals surface area contributed by atoms with Gasteiger partial charge in [0.25, 0.3) is 0 Å². The van der Waals surface area contributed by atoms with E-state index in [0.29, 0.717) is 17.0 Å². The van der Waals surface area contributed by atoms with Gasteiger partial charge in [-0.25, -0.2) is 9.97 Å². The maximum atomic E-state index is 6.01. The fraction of sp³-hybridized carbons (Fsp3) is 0.667. The first-order valence-corrected chi connectivity index (χ1v) is 6.99. The van der Waals surface area contributed by atoms with E-state index in [1.165, 1.54) is 6.33 Å². The van der Waals surface area contributed by atoms with Gasteiger partial charge in [0.15, 0.2) is 0 Å². The van der Waals surface area contributed by atoms with Crippen LogP contribution in [0.15, 0.2) is 10.8 Å². The molecule has 1 rings (SSSR count). The molecule has 0 aliphatic heterocycles. The zero-order valence-electron chi connectivity index (χ0n) is 10.7. The molecule has 0 aliphatic rings. The molecule has 0 fully saturated rings. The van der Waals surface area contributed by atoms with Crippen molar-refractivity contribution in [3.8, 4) is 0 Å². The van der Waals surface area contributed by atoms with Gasteiger partial charge >= 0.3 is 0 Å². The Morgan fingerprint density at radius 1 is 1.18 bits per heavy atom. The summed E-state index contributed by atoms with van der Waals surface area (Å²) in [5.74, 6) is 2.04. The molecule has 5 heteroatoms. The van der Waals surface area contributed by atoms with Crippen LogP contribution in [0.2, 0.25) is 5.15 Å². The summed E-state index contributed by atoms with van der Waals surface area (Å²) >= 11 is 9.47. The maximum Gasteiger partial charge on any atom is 0.148 e. The number of halogens is 2. The summed E-state index contributed by atoms with van der Waals surface area (Å²) in [4.78, 5) is 10.5. The Labute approximate surface area is 117 Å². The Hall–Kier alpha value is -0.350. The number of aromatic nitrogens is 2. The summed E-state index contributed by atoms with van der Waals surface area (Å²) in [6.07, 6.45) is 1.51. The maximum absolute atomic E-state index is 6.01. The van der Waals surface area contributed by atoms with E-state index in [1.54, 1.807) is 0 Å². The molecule has 0 radical (unpaired) electrons. The molecule has 3 nitrogen and oxygen atoms in total. The summed E-state index contributed by atoms with van der Waals surface area (Å²) < 4.78 is 0.781. The molecule has 0 aromatic carbocycles. The molecule has 1 heterocycles. The van der Waals surface area contributed by atoms with Crippen LogP contribution in [-0.2, 0) is 0 Å². The minimum atomic E-state index is 0.465. The molecular weight excluding hydrogens is 302 g/mol. The lowest BCUT2D eigenvalue weighted by atomic mass is 10.1. The topological polar surface area (TPSA) is 29.0 Å². The number of anilines is 1. The lowest BCUT2D eigenvalue weighted by Gasteiger charge is -2.28. The third kappa shape index (κ3) is 4.43. The second-order valence-corrected chi connectivity index (χ2v) is 6.15. The van der Waals surface area contributed by atoms with E-state index in [4.69, 9.17) is 11.6 Å². The van der Waals surface area contributed by atoms with E-state index in [2.05, 4.69) is 58.5 Å². The van der Waals surface area contributed by atoms with Gasteiger partial charge in [-0.2, -0.15) is 0 Å². The fourth-order valence-electron chi connectivity index (χ4n) is 1.69. The molecule has 0 saturated heterocycles. The van der Waals surface area contributed by atoms with E-state index < -0.39 is 0 Å². The van der Waals surface area contributed by atoms with Crippen LogP contribution >= 0.6 is 27.5 Å². The van der Waals surface area contributed by atoms with Crippen molar-refractivity contribution >= 4 is 33.3 Å². The van der Waals surface area contributed by atoms with E-state index in [-0.39, 0.29) is 0 Å². The van der Waals surface area contributed by atoms with Gasteiger partial charge in [-0.05, 0) is 27.8 Å². The van der Waals surface area contributed by atoms with Crippen LogP contribution in [0.25, 0.3) is 0 Å². The number of nitrogens with zero attached hydrogens (tertiary/aromatic N) is 3. The molecule has 0 spiro atoms. The summed E-state index contributed by atoms with van der Waals surface area (Å²) in [6.45, 7) is 10.7. The normalized spacial score (nSPS) is 11.3. The van der Waals surface area contributed by atoms with Crippen LogP contribution in [0.1, 0.15) is 27.7 Å². The van der Waals surface area contributed by atoms with Gasteiger partial charge in [0.05, 0.1) is 4.47 Å². The van der Waals surface area contributed by atoms with Gasteiger partial charge in [-0.15, -0.1) is 0 Å². The zero-order chi connectivity index (χ0) is 13.0. The van der Waals surface area contributed by atoms with Crippen molar-refractivity contribution in [2.45, 2.75) is 27.7 Å². The minimum Gasteiger partial charge on any atom is -0.355 e. The van der Waals surface area contributed by atoms with Crippen molar-refractivity contribution in [2.24, 2.45) is 11.8 Å². The Bertz CT molecular complexity index is 359. The van der Waals surface area contributed by atoms with Gasteiger partial charge in [0.1, 0.15) is 17.3 Å². The Morgan fingerprint density at radius 3 is 2.18 bits per heavy atom. The van der Waals surface area contributed by atoms with Crippen molar-refractivity contribution in [1.82, 2.24) is 9.97 Å². The van der Waals surface area contributed by atoms with E-state index in [0.717, 1.165) is 23.4 Å². The van der Waals surface area contributed by atoms with Crippen molar-refractivity contribution in [1.29, 1.82) is 0 Å². The Balaban J connectivity index is 2.99. The van der Waals surface area contributed by atoms with Gasteiger partial charge in [-0.3, -0.25) is 0 Å². The molecule has 0 bridgehead atoms. The second kappa shape index (κ2) is 6.55. The molecule has 1 aromatic rings. The zero-order valence-corrected chi connectivity index (χ0v) is 13.1. The first-order chi connectivity index (χ1) is 7.91. The van der Waals surface area contributed by atoms with Gasteiger partial charge in [-0.1, -0.05) is 39.3 Å². The Morgan fingerprint density at radius 2 is 1.71 bits per heavy atom. The predicted octanol–water partition coefficient (Wildman–Crippen LogP) is 4.01. The van der Waals surface area contributed by atoms with Crippen LogP contribution in [0, 0.1) is 11.8 Å². The average Bonchev–Trinajstić information content (AvgIpc) is 2.19. The molecule has 0 unspecified atom stereocenters. The largest absolute Gasteiger partial charge is 0.355 e. The van der Waals surface area contributed by atoms with E-state index in [9.17, 15) is 0 Å². The van der Waals surface area contributed by atoms with Gasteiger partial charge < -0.3 is 4.90 Å². The van der Waals surface area contributed by atoms with Gasteiger partial charge in [0, 0.05) is 13.1 Å². The summed E-state index contributed by atoms with van der Waals surface area (Å²) in [7, 11) is 0. The average molecular weight is 321 g/mol. The summed E-state index contributed by atoms with van der Waals surface area (Å²) in [5, 5.41) is 0.465. The molecule has 0 atom stereocenters. The highest BCUT2D eigenvalue weighted by Crippen LogP contribution is 2.29. The van der Waals surface area contributed by atoms with E-state index in [1.807, 2.05) is 0 Å². The highest BCUT2D eigenvalue weighted by atomic mass is 79.9. The van der Waals surface area contributed by atoms with Crippen molar-refractivity contribution < 1.29 is 0 Å². The third-order valence-corrected chi connectivity index (χ3v) is 3.44. The van der Waals surface area contributed by atoms with E-state index >= 15 is 0 Å². The predicted molar refractivity (Wildman–Crippen MR) is 76.6 cm³/mol. The smallest absolute Gasteiger partial charge is 0.148 e. The van der Waals surface area contributed by atoms with Crippen LogP contribution in [0.5, 0.6) is 0 Å². The van der Waals surface area contributed by atoms with Crippen LogP contribution in [0.4, 0.5) is 5.82 Å². The number of hydrogen-bond donors (Lipinski definition) is 0. The molecule has 1 aromatic heterocycles. The Kier molecular flexibility index (Phi) is 5.67. The van der Waals surface area contributed by atoms with Crippen molar-refractivity contribution in [2.75, 3.05) is 18.0 Å². The summed E-state index contributed by atoms with van der Waals surface area (Å²) in [6, 6.07) is 0. The lowest BCUT2D eigenvalue weighted by molar-refractivity contribution is 0.547. The second-order valence-electron chi connectivity index (χ2n) is 4.99. The first kappa shape index (κ1) is 14.7. The first-order valence-electron chi connectivity index (χ1n) is 5.82. The quantitative estimate of drug-likeness (QED) is 0.768. The van der Waals surface area contributed by atoms with Crippen LogP contribution < -0.4 is 4.90 Å². The molecule has 0 amide bonds. The molecule has 0 aliphatic carbocycles. The van der Waals surface area contributed by atoms with Crippen molar-refractivity contribution in [3.63, 3.8) is 0 Å². The van der Waals surface area contributed by atoms with Crippen molar-refractivity contribution in [3.05, 3.63) is 16.0 Å². The standard InChI is InChI=1S/C12H19BrClN3/c1-8(2)5-17(6-9(3)4)12-10(13)11(14)15-7-16-12/h7-9H,5-6H2,1-4H3.